The maximum Gasteiger partial charge on any atom is 0.236 e. The number of ether oxygens (including phenoxy) is 1. The molecular weight excluding hydrogens is 192 g/mol. The zero-order valence-corrected chi connectivity index (χ0v) is 8.73. The van der Waals surface area contributed by atoms with E-state index in [0.29, 0.717) is 13.2 Å². The third-order valence-corrected chi connectivity index (χ3v) is 2.14. The largest absolute Gasteiger partial charge is 0.379 e. The summed E-state index contributed by atoms with van der Waals surface area (Å²) in [6, 6.07) is 0. The monoisotopic (exact) mass is 206 g/mol. The summed E-state index contributed by atoms with van der Waals surface area (Å²) in [7, 11) is 1.65. The van der Waals surface area contributed by atoms with Gasteiger partial charge in [0, 0.05) is 13.7 Å². The predicted octanol–water partition coefficient (Wildman–Crippen LogP) is 0.367. The number of halogens is 1. The van der Waals surface area contributed by atoms with Crippen LogP contribution in [0.3, 0.4) is 0 Å². The van der Waals surface area contributed by atoms with Crippen molar-refractivity contribution in [2.75, 3.05) is 26.8 Å². The first-order chi connectivity index (χ1) is 6.02. The summed E-state index contributed by atoms with van der Waals surface area (Å²) in [4.78, 5) is 11.3. The number of hydrogen-bond donors (Lipinski definition) is 1. The van der Waals surface area contributed by atoms with Crippen LogP contribution in [0.4, 0.5) is 0 Å². The highest BCUT2D eigenvalue weighted by atomic mass is 35.5. The first-order valence-corrected chi connectivity index (χ1v) is 4.61. The van der Waals surface area contributed by atoms with Gasteiger partial charge in [-0.05, 0) is 25.1 Å². The van der Waals surface area contributed by atoms with E-state index in [1.54, 1.807) is 7.05 Å². The van der Waals surface area contributed by atoms with Crippen molar-refractivity contribution < 1.29 is 9.53 Å². The number of carbonyl (C=O) groups excluding carboxylic acids is 1. The van der Waals surface area contributed by atoms with Gasteiger partial charge in [0.05, 0.1) is 18.7 Å². The van der Waals surface area contributed by atoms with E-state index in [-0.39, 0.29) is 18.0 Å². The zero-order valence-electron chi connectivity index (χ0n) is 7.97. The first kappa shape index (κ1) is 10.8. The minimum absolute atomic E-state index is 0.0644. The molecule has 1 saturated heterocycles. The standard InChI is InChI=1S/C8H15ClN2O2/c1-8(3-4-13-6-8)10-7(12)5-11(2)9/h3-6H2,1-2H3,(H,10,12). The summed E-state index contributed by atoms with van der Waals surface area (Å²) in [5.41, 5.74) is -0.204. The van der Waals surface area contributed by atoms with Crippen molar-refractivity contribution in [2.24, 2.45) is 0 Å². The van der Waals surface area contributed by atoms with Gasteiger partial charge < -0.3 is 10.1 Å². The van der Waals surface area contributed by atoms with Crippen LogP contribution in [-0.4, -0.2) is 42.7 Å². The van der Waals surface area contributed by atoms with Gasteiger partial charge in [0.25, 0.3) is 0 Å². The Morgan fingerprint density at radius 3 is 2.92 bits per heavy atom. The third-order valence-electron chi connectivity index (χ3n) is 2.02. The van der Waals surface area contributed by atoms with Gasteiger partial charge in [0.1, 0.15) is 0 Å². The van der Waals surface area contributed by atoms with Gasteiger partial charge in [-0.25, -0.2) is 4.42 Å². The number of amides is 1. The average Bonchev–Trinajstić information content (AvgIpc) is 2.33. The van der Waals surface area contributed by atoms with E-state index in [2.05, 4.69) is 5.32 Å². The molecule has 1 aliphatic heterocycles. The molecule has 13 heavy (non-hydrogen) atoms. The first-order valence-electron chi connectivity index (χ1n) is 4.27. The molecule has 5 heteroatoms. The molecule has 0 radical (unpaired) electrons. The molecule has 1 heterocycles. The van der Waals surface area contributed by atoms with Crippen molar-refractivity contribution in [3.8, 4) is 0 Å². The van der Waals surface area contributed by atoms with E-state index in [1.165, 1.54) is 4.42 Å². The normalized spacial score (nSPS) is 28.0. The van der Waals surface area contributed by atoms with Crippen LogP contribution in [0, 0.1) is 0 Å². The van der Waals surface area contributed by atoms with Crippen LogP contribution < -0.4 is 5.32 Å². The van der Waals surface area contributed by atoms with Gasteiger partial charge in [-0.1, -0.05) is 0 Å². The second-order valence-electron chi connectivity index (χ2n) is 3.67. The van der Waals surface area contributed by atoms with E-state index in [0.717, 1.165) is 6.42 Å². The van der Waals surface area contributed by atoms with Crippen molar-refractivity contribution in [2.45, 2.75) is 18.9 Å². The highest BCUT2D eigenvalue weighted by Crippen LogP contribution is 2.17. The molecular formula is C8H15ClN2O2. The fourth-order valence-corrected chi connectivity index (χ4v) is 1.45. The lowest BCUT2D eigenvalue weighted by Gasteiger charge is -2.23. The molecule has 0 aromatic heterocycles. The molecule has 0 aromatic rings. The second-order valence-corrected chi connectivity index (χ2v) is 4.25. The smallest absolute Gasteiger partial charge is 0.236 e. The van der Waals surface area contributed by atoms with Crippen LogP contribution >= 0.6 is 11.8 Å². The topological polar surface area (TPSA) is 41.6 Å². The minimum atomic E-state index is -0.204. The molecule has 76 valence electrons. The van der Waals surface area contributed by atoms with Crippen LogP contribution in [0.2, 0.25) is 0 Å². The molecule has 4 nitrogen and oxygen atoms in total. The SMILES string of the molecule is CN(Cl)CC(=O)NC1(C)CCOC1. The van der Waals surface area contributed by atoms with Gasteiger partial charge in [-0.3, -0.25) is 4.79 Å². The van der Waals surface area contributed by atoms with Crippen LogP contribution in [0.1, 0.15) is 13.3 Å². The Morgan fingerprint density at radius 2 is 2.46 bits per heavy atom. The summed E-state index contributed by atoms with van der Waals surface area (Å²) >= 11 is 5.54. The number of hydrogen-bond acceptors (Lipinski definition) is 3. The maximum absolute atomic E-state index is 11.3. The molecule has 0 bridgehead atoms. The van der Waals surface area contributed by atoms with Gasteiger partial charge in [0.15, 0.2) is 0 Å². The molecule has 1 unspecified atom stereocenters. The fourth-order valence-electron chi connectivity index (χ4n) is 1.34. The zero-order chi connectivity index (χ0) is 9.90. The highest BCUT2D eigenvalue weighted by molar-refractivity contribution is 6.14. The van der Waals surface area contributed by atoms with Gasteiger partial charge in [-0.15, -0.1) is 0 Å². The minimum Gasteiger partial charge on any atom is -0.379 e. The van der Waals surface area contributed by atoms with Gasteiger partial charge >= 0.3 is 0 Å². The molecule has 1 fully saturated rings. The van der Waals surface area contributed by atoms with Crippen molar-refractivity contribution in [1.29, 1.82) is 0 Å². The Balaban J connectivity index is 2.34. The average molecular weight is 207 g/mol. The number of nitrogens with zero attached hydrogens (tertiary/aromatic N) is 1. The number of carbonyl (C=O) groups is 1. The summed E-state index contributed by atoms with van der Waals surface area (Å²) in [5.74, 6) is -0.0644. The Hall–Kier alpha value is -0.320. The number of likely N-dealkylation sites (N-methyl/N-ethyl adjacent to an activating group) is 1. The molecule has 0 spiro atoms. The molecule has 1 rings (SSSR count). The highest BCUT2D eigenvalue weighted by Gasteiger charge is 2.31. The maximum atomic E-state index is 11.3. The quantitative estimate of drug-likeness (QED) is 0.679. The summed E-state index contributed by atoms with van der Waals surface area (Å²) in [6.45, 7) is 3.49. The Bertz CT molecular complexity index is 191. The molecule has 1 amide bonds. The third kappa shape index (κ3) is 3.50. The fraction of sp³-hybridized carbons (Fsp3) is 0.875. The summed E-state index contributed by atoms with van der Waals surface area (Å²) in [5, 5.41) is 2.90. The lowest BCUT2D eigenvalue weighted by Crippen LogP contribution is -2.48. The van der Waals surface area contributed by atoms with Crippen molar-refractivity contribution in [3.63, 3.8) is 0 Å². The van der Waals surface area contributed by atoms with Crippen molar-refractivity contribution >= 4 is 17.7 Å². The van der Waals surface area contributed by atoms with Gasteiger partial charge in [0.2, 0.25) is 5.91 Å². The molecule has 1 atom stereocenters. The van der Waals surface area contributed by atoms with E-state index >= 15 is 0 Å². The predicted molar refractivity (Wildman–Crippen MR) is 50.5 cm³/mol. The van der Waals surface area contributed by atoms with Crippen molar-refractivity contribution in [3.05, 3.63) is 0 Å². The molecule has 0 aromatic carbocycles. The molecule has 0 aliphatic carbocycles. The number of nitrogens with one attached hydrogen (secondary N) is 1. The lowest BCUT2D eigenvalue weighted by atomic mass is 10.0. The lowest BCUT2D eigenvalue weighted by molar-refractivity contribution is -0.122. The van der Waals surface area contributed by atoms with E-state index in [4.69, 9.17) is 16.5 Å². The Morgan fingerprint density at radius 1 is 1.77 bits per heavy atom. The molecule has 1 aliphatic rings. The molecule has 1 N–H and O–H groups in total. The van der Waals surface area contributed by atoms with E-state index < -0.39 is 0 Å². The molecule has 0 saturated carbocycles. The van der Waals surface area contributed by atoms with Crippen LogP contribution in [0.5, 0.6) is 0 Å². The van der Waals surface area contributed by atoms with Crippen LogP contribution in [0.25, 0.3) is 0 Å². The Labute approximate surface area is 83.3 Å². The van der Waals surface area contributed by atoms with Crippen LogP contribution in [-0.2, 0) is 9.53 Å². The van der Waals surface area contributed by atoms with E-state index in [1.807, 2.05) is 6.92 Å². The van der Waals surface area contributed by atoms with Gasteiger partial charge in [-0.2, -0.15) is 0 Å². The number of rotatable bonds is 3. The Kier molecular flexibility index (Phi) is 3.53. The second kappa shape index (κ2) is 4.26. The van der Waals surface area contributed by atoms with Crippen molar-refractivity contribution in [1.82, 2.24) is 9.74 Å². The summed E-state index contributed by atoms with van der Waals surface area (Å²) < 4.78 is 6.53. The van der Waals surface area contributed by atoms with Crippen LogP contribution in [0.15, 0.2) is 0 Å². The van der Waals surface area contributed by atoms with E-state index in [9.17, 15) is 4.79 Å². The summed E-state index contributed by atoms with van der Waals surface area (Å²) in [6.07, 6.45) is 0.866.